The maximum absolute atomic E-state index is 12.1. The van der Waals surface area contributed by atoms with Gasteiger partial charge in [0.25, 0.3) is 0 Å². The second kappa shape index (κ2) is 9.00. The molecule has 6 heteroatoms. The van der Waals surface area contributed by atoms with Gasteiger partial charge in [0.15, 0.2) is 0 Å². The van der Waals surface area contributed by atoms with Gasteiger partial charge in [0, 0.05) is 6.08 Å². The van der Waals surface area contributed by atoms with Crippen molar-refractivity contribution in [2.75, 3.05) is 5.32 Å². The standard InChI is InChI=1S/C21H23NO5/c1-21(2,3)27-19(24)12-10-16-13-15(14-23)9-11-18(16)22-20(25)26-17-7-5-4-6-8-17/h4-13,23H,14H2,1-3H3,(H,22,25)/b12-10+. The van der Waals surface area contributed by atoms with Crippen molar-refractivity contribution in [2.24, 2.45) is 0 Å². The average Bonchev–Trinajstić information content (AvgIpc) is 2.60. The molecule has 0 atom stereocenters. The van der Waals surface area contributed by atoms with Crippen LogP contribution in [0.15, 0.2) is 54.6 Å². The molecule has 6 nitrogen and oxygen atoms in total. The molecule has 2 N–H and O–H groups in total. The molecule has 27 heavy (non-hydrogen) atoms. The van der Waals surface area contributed by atoms with Crippen LogP contribution in [0.1, 0.15) is 31.9 Å². The van der Waals surface area contributed by atoms with E-state index in [-0.39, 0.29) is 6.61 Å². The number of aliphatic hydroxyl groups is 1. The summed E-state index contributed by atoms with van der Waals surface area (Å²) < 4.78 is 10.4. The second-order valence-corrected chi connectivity index (χ2v) is 6.77. The van der Waals surface area contributed by atoms with Crippen LogP contribution in [0.4, 0.5) is 10.5 Å². The maximum atomic E-state index is 12.1. The lowest BCUT2D eigenvalue weighted by Gasteiger charge is -2.18. The van der Waals surface area contributed by atoms with Gasteiger partial charge in [0.1, 0.15) is 11.4 Å². The minimum Gasteiger partial charge on any atom is -0.457 e. The Kier molecular flexibility index (Phi) is 6.73. The fourth-order valence-electron chi connectivity index (χ4n) is 2.19. The summed E-state index contributed by atoms with van der Waals surface area (Å²) in [6.07, 6.45) is 2.13. The van der Waals surface area contributed by atoms with Crippen molar-refractivity contribution in [2.45, 2.75) is 33.0 Å². The molecule has 0 unspecified atom stereocenters. The van der Waals surface area contributed by atoms with Crippen LogP contribution in [0.3, 0.4) is 0 Å². The molecule has 0 fully saturated rings. The molecule has 2 aromatic rings. The van der Waals surface area contributed by atoms with Crippen LogP contribution >= 0.6 is 0 Å². The van der Waals surface area contributed by atoms with Crippen molar-refractivity contribution in [3.05, 3.63) is 65.7 Å². The Morgan fingerprint density at radius 3 is 2.44 bits per heavy atom. The van der Waals surface area contributed by atoms with Crippen LogP contribution in [-0.2, 0) is 16.1 Å². The monoisotopic (exact) mass is 369 g/mol. The Bertz CT molecular complexity index is 822. The smallest absolute Gasteiger partial charge is 0.417 e. The summed E-state index contributed by atoms with van der Waals surface area (Å²) in [6, 6.07) is 13.6. The SMILES string of the molecule is CC(C)(C)OC(=O)/C=C/c1cc(CO)ccc1NC(=O)Oc1ccccc1. The number of para-hydroxylation sites is 1. The van der Waals surface area contributed by atoms with Gasteiger partial charge >= 0.3 is 12.1 Å². The highest BCUT2D eigenvalue weighted by Crippen LogP contribution is 2.21. The van der Waals surface area contributed by atoms with Crippen LogP contribution in [0.2, 0.25) is 0 Å². The summed E-state index contributed by atoms with van der Waals surface area (Å²) in [4.78, 5) is 24.0. The number of anilines is 1. The molecule has 0 aromatic heterocycles. The Labute approximate surface area is 158 Å². The third kappa shape index (κ3) is 6.95. The molecule has 0 radical (unpaired) electrons. The van der Waals surface area contributed by atoms with Gasteiger partial charge in [-0.3, -0.25) is 5.32 Å². The van der Waals surface area contributed by atoms with E-state index < -0.39 is 17.7 Å². The largest absolute Gasteiger partial charge is 0.457 e. The average molecular weight is 369 g/mol. The number of nitrogens with one attached hydrogen (secondary N) is 1. The number of ether oxygens (including phenoxy) is 2. The third-order valence-corrected chi connectivity index (χ3v) is 3.29. The van der Waals surface area contributed by atoms with E-state index in [1.54, 1.807) is 63.2 Å². The molecule has 0 aliphatic rings. The van der Waals surface area contributed by atoms with Crippen LogP contribution < -0.4 is 10.1 Å². The van der Waals surface area contributed by atoms with Crippen molar-refractivity contribution in [3.63, 3.8) is 0 Å². The highest BCUT2D eigenvalue weighted by Gasteiger charge is 2.14. The lowest BCUT2D eigenvalue weighted by atomic mass is 10.1. The van der Waals surface area contributed by atoms with Crippen molar-refractivity contribution in [1.29, 1.82) is 0 Å². The number of carbonyl (C=O) groups is 2. The van der Waals surface area contributed by atoms with Crippen LogP contribution in [0, 0.1) is 0 Å². The highest BCUT2D eigenvalue weighted by atomic mass is 16.6. The number of hydrogen-bond donors (Lipinski definition) is 2. The zero-order chi connectivity index (χ0) is 19.9. The first kappa shape index (κ1) is 20.2. The molecular formula is C21H23NO5. The van der Waals surface area contributed by atoms with E-state index in [0.717, 1.165) is 0 Å². The number of carbonyl (C=O) groups excluding carboxylic acids is 2. The maximum Gasteiger partial charge on any atom is 0.417 e. The molecule has 0 saturated heterocycles. The number of hydrogen-bond acceptors (Lipinski definition) is 5. The van der Waals surface area contributed by atoms with E-state index in [2.05, 4.69) is 5.32 Å². The van der Waals surface area contributed by atoms with E-state index in [4.69, 9.17) is 9.47 Å². The molecule has 0 aliphatic heterocycles. The zero-order valence-corrected chi connectivity index (χ0v) is 15.6. The van der Waals surface area contributed by atoms with Gasteiger partial charge < -0.3 is 14.6 Å². The number of benzene rings is 2. The van der Waals surface area contributed by atoms with Crippen molar-refractivity contribution < 1.29 is 24.2 Å². The van der Waals surface area contributed by atoms with E-state index in [0.29, 0.717) is 22.6 Å². The summed E-state index contributed by atoms with van der Waals surface area (Å²) in [5.74, 6) is -0.0949. The molecule has 0 saturated carbocycles. The number of rotatable bonds is 5. The fraction of sp³-hybridized carbons (Fsp3) is 0.238. The van der Waals surface area contributed by atoms with E-state index in [9.17, 15) is 14.7 Å². The lowest BCUT2D eigenvalue weighted by molar-refractivity contribution is -0.148. The van der Waals surface area contributed by atoms with Gasteiger partial charge in [-0.15, -0.1) is 0 Å². The van der Waals surface area contributed by atoms with E-state index >= 15 is 0 Å². The normalized spacial score (nSPS) is 11.3. The minimum atomic E-state index is -0.662. The summed E-state index contributed by atoms with van der Waals surface area (Å²) >= 11 is 0. The minimum absolute atomic E-state index is 0.165. The van der Waals surface area contributed by atoms with Crippen LogP contribution in [-0.4, -0.2) is 22.8 Å². The zero-order valence-electron chi connectivity index (χ0n) is 15.6. The topological polar surface area (TPSA) is 84.9 Å². The molecule has 0 heterocycles. The third-order valence-electron chi connectivity index (χ3n) is 3.29. The lowest BCUT2D eigenvalue weighted by Crippen LogP contribution is -2.22. The number of aliphatic hydroxyl groups excluding tert-OH is 1. The van der Waals surface area contributed by atoms with Crippen molar-refractivity contribution >= 4 is 23.8 Å². The summed E-state index contributed by atoms with van der Waals surface area (Å²) in [5, 5.41) is 12.0. The van der Waals surface area contributed by atoms with Crippen LogP contribution in [0.25, 0.3) is 6.08 Å². The van der Waals surface area contributed by atoms with Crippen molar-refractivity contribution in [3.8, 4) is 5.75 Å². The Hall–Kier alpha value is -3.12. The summed E-state index contributed by atoms with van der Waals surface area (Å²) in [7, 11) is 0. The Morgan fingerprint density at radius 2 is 1.81 bits per heavy atom. The molecule has 142 valence electrons. The van der Waals surface area contributed by atoms with Gasteiger partial charge in [0.05, 0.1) is 12.3 Å². The Morgan fingerprint density at radius 1 is 1.11 bits per heavy atom. The predicted molar refractivity (Wildman–Crippen MR) is 103 cm³/mol. The van der Waals surface area contributed by atoms with Crippen molar-refractivity contribution in [1.82, 2.24) is 0 Å². The van der Waals surface area contributed by atoms with Gasteiger partial charge in [-0.2, -0.15) is 0 Å². The quantitative estimate of drug-likeness (QED) is 0.611. The van der Waals surface area contributed by atoms with E-state index in [1.807, 2.05) is 6.07 Å². The molecule has 1 amide bonds. The first-order chi connectivity index (χ1) is 12.8. The summed E-state index contributed by atoms with van der Waals surface area (Å²) in [6.45, 7) is 5.16. The molecule has 0 bridgehead atoms. The van der Waals surface area contributed by atoms with Gasteiger partial charge in [-0.25, -0.2) is 9.59 Å². The highest BCUT2D eigenvalue weighted by molar-refractivity contribution is 5.92. The molecule has 2 rings (SSSR count). The molecular weight excluding hydrogens is 346 g/mol. The molecule has 0 aliphatic carbocycles. The summed E-state index contributed by atoms with van der Waals surface area (Å²) in [5.41, 5.74) is 1.01. The van der Waals surface area contributed by atoms with Gasteiger partial charge in [0.2, 0.25) is 0 Å². The van der Waals surface area contributed by atoms with Crippen LogP contribution in [0.5, 0.6) is 5.75 Å². The van der Waals surface area contributed by atoms with E-state index in [1.165, 1.54) is 12.2 Å². The number of esters is 1. The molecule has 2 aromatic carbocycles. The predicted octanol–water partition coefficient (Wildman–Crippen LogP) is 4.14. The van der Waals surface area contributed by atoms with Gasteiger partial charge in [-0.05, 0) is 62.2 Å². The second-order valence-electron chi connectivity index (χ2n) is 6.77. The molecule has 0 spiro atoms. The fourth-order valence-corrected chi connectivity index (χ4v) is 2.19. The number of amides is 1. The van der Waals surface area contributed by atoms with Gasteiger partial charge in [-0.1, -0.05) is 24.3 Å². The first-order valence-corrected chi connectivity index (χ1v) is 8.45. The Balaban J connectivity index is 2.16. The first-order valence-electron chi connectivity index (χ1n) is 8.45.